The molecule has 0 aromatic carbocycles. The molecule has 2 N–H and O–H groups in total. The van der Waals surface area contributed by atoms with Crippen molar-refractivity contribution in [3.05, 3.63) is 12.2 Å². The van der Waals surface area contributed by atoms with E-state index >= 15 is 0 Å². The van der Waals surface area contributed by atoms with Crippen LogP contribution < -0.4 is 5.32 Å². The van der Waals surface area contributed by atoms with Gasteiger partial charge in [0.1, 0.15) is 12.2 Å². The van der Waals surface area contributed by atoms with Gasteiger partial charge in [-0.3, -0.25) is 9.89 Å². The fourth-order valence-corrected chi connectivity index (χ4v) is 1.28. The molecule has 0 fully saturated rings. The van der Waals surface area contributed by atoms with Crippen LogP contribution in [0.15, 0.2) is 6.33 Å². The van der Waals surface area contributed by atoms with Crippen molar-refractivity contribution in [1.82, 2.24) is 20.5 Å². The molecule has 0 bridgehead atoms. The zero-order valence-electron chi connectivity index (χ0n) is 8.66. The summed E-state index contributed by atoms with van der Waals surface area (Å²) in [4.78, 5) is 15.3. The van der Waals surface area contributed by atoms with Crippen molar-refractivity contribution in [3.8, 4) is 0 Å². The number of H-pyrrole nitrogens is 1. The number of hydrogen-bond acceptors (Lipinski definition) is 3. The molecule has 0 aliphatic carbocycles. The minimum absolute atomic E-state index is 0.0510. The number of aromatic nitrogens is 3. The molecule has 1 aromatic rings. The van der Waals surface area contributed by atoms with Gasteiger partial charge in [-0.25, -0.2) is 4.98 Å². The molecular formula is C9H15BrN4O. The maximum absolute atomic E-state index is 11.3. The quantitative estimate of drug-likeness (QED) is 0.601. The van der Waals surface area contributed by atoms with Crippen molar-refractivity contribution in [2.45, 2.75) is 31.0 Å². The van der Waals surface area contributed by atoms with Gasteiger partial charge < -0.3 is 5.32 Å². The number of halogens is 1. The summed E-state index contributed by atoms with van der Waals surface area (Å²) in [6.45, 7) is 2.63. The maximum atomic E-state index is 11.3. The average Bonchev–Trinajstić information content (AvgIpc) is 2.75. The van der Waals surface area contributed by atoms with Crippen LogP contribution in [0.3, 0.4) is 0 Å². The fraction of sp³-hybridized carbons (Fsp3) is 0.667. The summed E-state index contributed by atoms with van der Waals surface area (Å²) in [5.74, 6) is 0.908. The Morgan fingerprint density at radius 2 is 2.53 bits per heavy atom. The number of nitrogens with one attached hydrogen (secondary N) is 2. The smallest absolute Gasteiger partial charge is 0.233 e. The number of carbonyl (C=O) groups is 1. The van der Waals surface area contributed by atoms with Gasteiger partial charge >= 0.3 is 0 Å². The van der Waals surface area contributed by atoms with Crippen LogP contribution in [0.1, 0.15) is 25.6 Å². The van der Waals surface area contributed by atoms with Crippen LogP contribution in [0.25, 0.3) is 0 Å². The average molecular weight is 275 g/mol. The minimum Gasteiger partial charge on any atom is -0.355 e. The van der Waals surface area contributed by atoms with Gasteiger partial charge in [0.2, 0.25) is 5.91 Å². The molecule has 1 amide bonds. The van der Waals surface area contributed by atoms with E-state index in [0.717, 1.165) is 25.1 Å². The fourth-order valence-electron chi connectivity index (χ4n) is 1.11. The van der Waals surface area contributed by atoms with E-state index in [4.69, 9.17) is 0 Å². The Balaban J connectivity index is 2.09. The van der Waals surface area contributed by atoms with Crippen LogP contribution in [0, 0.1) is 0 Å². The van der Waals surface area contributed by atoms with Gasteiger partial charge in [-0.15, -0.1) is 0 Å². The lowest BCUT2D eigenvalue weighted by Crippen LogP contribution is -2.31. The molecule has 1 atom stereocenters. The standard InChI is InChI=1S/C9H15BrN4O/c1-2-7(10)9(15)11-5-3-4-8-12-6-13-14-8/h6-7H,2-5H2,1H3,(H,11,15)(H,12,13,14). The van der Waals surface area contributed by atoms with Crippen LogP contribution in [0.5, 0.6) is 0 Å². The SMILES string of the molecule is CCC(Br)C(=O)NCCCc1ncn[nH]1. The predicted octanol–water partition coefficient (Wildman–Crippen LogP) is 1.03. The van der Waals surface area contributed by atoms with Crippen molar-refractivity contribution < 1.29 is 4.79 Å². The highest BCUT2D eigenvalue weighted by Gasteiger charge is 2.10. The van der Waals surface area contributed by atoms with E-state index in [1.54, 1.807) is 0 Å². The highest BCUT2D eigenvalue weighted by Crippen LogP contribution is 2.03. The Bertz CT molecular complexity index is 288. The third-order valence-electron chi connectivity index (χ3n) is 2.00. The molecular weight excluding hydrogens is 260 g/mol. The second-order valence-corrected chi connectivity index (χ2v) is 4.31. The first kappa shape index (κ1) is 12.2. The van der Waals surface area contributed by atoms with Gasteiger partial charge in [0.05, 0.1) is 4.83 Å². The normalized spacial score (nSPS) is 12.4. The predicted molar refractivity (Wildman–Crippen MR) is 60.7 cm³/mol. The summed E-state index contributed by atoms with van der Waals surface area (Å²) >= 11 is 3.29. The molecule has 5 nitrogen and oxygen atoms in total. The monoisotopic (exact) mass is 274 g/mol. The third kappa shape index (κ3) is 4.42. The summed E-state index contributed by atoms with van der Waals surface area (Å²) in [5, 5.41) is 9.37. The van der Waals surface area contributed by atoms with E-state index in [1.165, 1.54) is 6.33 Å². The second-order valence-electron chi connectivity index (χ2n) is 3.20. The molecule has 0 aliphatic heterocycles. The van der Waals surface area contributed by atoms with Gasteiger partial charge in [-0.2, -0.15) is 5.10 Å². The molecule has 1 rings (SSSR count). The van der Waals surface area contributed by atoms with Crippen LogP contribution in [-0.4, -0.2) is 32.5 Å². The van der Waals surface area contributed by atoms with Crippen LogP contribution in [0.4, 0.5) is 0 Å². The van der Waals surface area contributed by atoms with Gasteiger partial charge in [-0.1, -0.05) is 22.9 Å². The molecule has 1 heterocycles. The number of aromatic amines is 1. The number of nitrogens with zero attached hydrogens (tertiary/aromatic N) is 2. The molecule has 1 aromatic heterocycles. The largest absolute Gasteiger partial charge is 0.355 e. The van der Waals surface area contributed by atoms with E-state index in [0.29, 0.717) is 6.54 Å². The lowest BCUT2D eigenvalue weighted by Gasteiger charge is -2.07. The Hall–Kier alpha value is -0.910. The summed E-state index contributed by atoms with van der Waals surface area (Å²) in [5.41, 5.74) is 0. The molecule has 84 valence electrons. The van der Waals surface area contributed by atoms with E-state index in [9.17, 15) is 4.79 Å². The Morgan fingerprint density at radius 1 is 1.73 bits per heavy atom. The molecule has 1 unspecified atom stereocenters. The van der Waals surface area contributed by atoms with Crippen molar-refractivity contribution in [1.29, 1.82) is 0 Å². The van der Waals surface area contributed by atoms with Crippen LogP contribution in [-0.2, 0) is 11.2 Å². The first-order chi connectivity index (χ1) is 7.24. The van der Waals surface area contributed by atoms with Crippen molar-refractivity contribution >= 4 is 21.8 Å². The van der Waals surface area contributed by atoms with E-state index in [1.807, 2.05) is 6.92 Å². The van der Waals surface area contributed by atoms with E-state index < -0.39 is 0 Å². The number of hydrogen-bond donors (Lipinski definition) is 2. The van der Waals surface area contributed by atoms with Crippen LogP contribution >= 0.6 is 15.9 Å². The van der Waals surface area contributed by atoms with Crippen molar-refractivity contribution in [2.24, 2.45) is 0 Å². The molecule has 6 heteroatoms. The van der Waals surface area contributed by atoms with Gasteiger partial charge in [0, 0.05) is 13.0 Å². The summed E-state index contributed by atoms with van der Waals surface area (Å²) < 4.78 is 0. The Labute approximate surface area is 97.2 Å². The second kappa shape index (κ2) is 6.55. The Kier molecular flexibility index (Phi) is 5.31. The number of aryl methyl sites for hydroxylation is 1. The topological polar surface area (TPSA) is 70.7 Å². The molecule has 0 spiro atoms. The molecule has 0 radical (unpaired) electrons. The number of rotatable bonds is 6. The van der Waals surface area contributed by atoms with Crippen LogP contribution in [0.2, 0.25) is 0 Å². The zero-order valence-corrected chi connectivity index (χ0v) is 10.2. The van der Waals surface area contributed by atoms with E-state index in [2.05, 4.69) is 36.4 Å². The molecule has 0 saturated heterocycles. The van der Waals surface area contributed by atoms with Gasteiger partial charge in [0.15, 0.2) is 0 Å². The highest BCUT2D eigenvalue weighted by atomic mass is 79.9. The molecule has 0 aliphatic rings. The lowest BCUT2D eigenvalue weighted by atomic mass is 10.3. The number of amides is 1. The molecule has 15 heavy (non-hydrogen) atoms. The van der Waals surface area contributed by atoms with Crippen molar-refractivity contribution in [2.75, 3.05) is 6.54 Å². The number of alkyl halides is 1. The minimum atomic E-state index is -0.0808. The first-order valence-electron chi connectivity index (χ1n) is 5.00. The summed E-state index contributed by atoms with van der Waals surface area (Å²) in [6, 6.07) is 0. The van der Waals surface area contributed by atoms with Gasteiger partial charge in [0.25, 0.3) is 0 Å². The summed E-state index contributed by atoms with van der Waals surface area (Å²) in [7, 11) is 0. The summed E-state index contributed by atoms with van der Waals surface area (Å²) in [6.07, 6.45) is 3.96. The Morgan fingerprint density at radius 3 is 3.13 bits per heavy atom. The number of carbonyl (C=O) groups excluding carboxylic acids is 1. The lowest BCUT2D eigenvalue weighted by molar-refractivity contribution is -0.120. The first-order valence-corrected chi connectivity index (χ1v) is 5.91. The van der Waals surface area contributed by atoms with E-state index in [-0.39, 0.29) is 10.7 Å². The zero-order chi connectivity index (χ0) is 11.1. The van der Waals surface area contributed by atoms with Crippen molar-refractivity contribution in [3.63, 3.8) is 0 Å². The van der Waals surface area contributed by atoms with Gasteiger partial charge in [-0.05, 0) is 12.8 Å². The molecule has 0 saturated carbocycles. The third-order valence-corrected chi connectivity index (χ3v) is 3.06. The highest BCUT2D eigenvalue weighted by molar-refractivity contribution is 9.10. The maximum Gasteiger partial charge on any atom is 0.233 e.